The zero-order chi connectivity index (χ0) is 22.1. The number of carbonyl (C=O) groups is 2. The van der Waals surface area contributed by atoms with Crippen LogP contribution in [0.5, 0.6) is 5.75 Å². The summed E-state index contributed by atoms with van der Waals surface area (Å²) in [4.78, 5) is 24.7. The number of hydrogen-bond donors (Lipinski definition) is 1. The molecule has 0 aromatic heterocycles. The minimum Gasteiger partial charge on any atom is -0.481 e. The molecule has 1 aliphatic heterocycles. The zero-order valence-corrected chi connectivity index (χ0v) is 17.2. The molecule has 2 aromatic carbocycles. The summed E-state index contributed by atoms with van der Waals surface area (Å²) in [5, 5.41) is 8.29. The summed E-state index contributed by atoms with van der Waals surface area (Å²) < 4.78 is 44.7. The van der Waals surface area contributed by atoms with Gasteiger partial charge in [-0.3, -0.25) is 9.69 Å². The third-order valence-electron chi connectivity index (χ3n) is 3.86. The number of carboxylic acids is 1. The number of rotatable bonds is 5. The lowest BCUT2D eigenvalue weighted by atomic mass is 10.1. The molecule has 1 fully saturated rings. The van der Waals surface area contributed by atoms with Crippen LogP contribution in [0.4, 0.5) is 18.9 Å². The van der Waals surface area contributed by atoms with E-state index in [1.807, 2.05) is 0 Å². The van der Waals surface area contributed by atoms with Crippen LogP contribution in [0, 0.1) is 0 Å². The number of aliphatic carboxylic acids is 1. The van der Waals surface area contributed by atoms with Crippen LogP contribution in [0.2, 0.25) is 5.02 Å². The standard InChI is InChI=1S/C19H11ClF3NO4S2/c20-13-6-5-11(8-12(13)19(21,22)23)24-17(27)15(30-18(24)29)7-10-3-1-2-4-14(10)28-9-16(25)26/h1-8H,9H2,(H,25,26)/b15-7+. The van der Waals surface area contributed by atoms with E-state index in [4.69, 9.17) is 33.7 Å². The number of nitrogens with zero attached hydrogens (tertiary/aromatic N) is 1. The minimum atomic E-state index is -4.69. The van der Waals surface area contributed by atoms with Gasteiger partial charge in [-0.1, -0.05) is 53.8 Å². The Hall–Kier alpha value is -2.56. The number of carboxylic acid groups (broad SMARTS) is 1. The first-order valence-electron chi connectivity index (χ1n) is 8.16. The quantitative estimate of drug-likeness (QED) is 0.474. The normalized spacial score (nSPS) is 15.7. The molecule has 1 N–H and O–H groups in total. The van der Waals surface area contributed by atoms with Crippen molar-refractivity contribution in [2.45, 2.75) is 6.18 Å². The molecular formula is C19H11ClF3NO4S2. The lowest BCUT2D eigenvalue weighted by Gasteiger charge is -2.17. The fourth-order valence-corrected chi connectivity index (χ4v) is 4.09. The van der Waals surface area contributed by atoms with E-state index in [9.17, 15) is 22.8 Å². The number of benzene rings is 2. The SMILES string of the molecule is O=C(O)COc1ccccc1/C=C1/SC(=S)N(c2ccc(Cl)c(C(F)(F)F)c2)C1=O. The Labute approximate surface area is 183 Å². The van der Waals surface area contributed by atoms with Crippen molar-refractivity contribution >= 4 is 63.5 Å². The van der Waals surface area contributed by atoms with Gasteiger partial charge >= 0.3 is 12.1 Å². The molecule has 30 heavy (non-hydrogen) atoms. The number of para-hydroxylation sites is 1. The molecule has 0 spiro atoms. The molecule has 2 aromatic rings. The third-order valence-corrected chi connectivity index (χ3v) is 5.50. The number of thioether (sulfide) groups is 1. The maximum Gasteiger partial charge on any atom is 0.417 e. The molecule has 0 radical (unpaired) electrons. The van der Waals surface area contributed by atoms with Gasteiger partial charge in [-0.2, -0.15) is 13.2 Å². The highest BCUT2D eigenvalue weighted by molar-refractivity contribution is 8.27. The highest BCUT2D eigenvalue weighted by Crippen LogP contribution is 2.41. The van der Waals surface area contributed by atoms with Crippen LogP contribution in [0.3, 0.4) is 0 Å². The molecular weight excluding hydrogens is 463 g/mol. The third kappa shape index (κ3) is 4.77. The first kappa shape index (κ1) is 22.1. The molecule has 11 heteroatoms. The lowest BCUT2D eigenvalue weighted by Crippen LogP contribution is -2.27. The van der Waals surface area contributed by atoms with Crippen molar-refractivity contribution in [3.63, 3.8) is 0 Å². The lowest BCUT2D eigenvalue weighted by molar-refractivity contribution is -0.139. The molecule has 1 amide bonds. The monoisotopic (exact) mass is 473 g/mol. The Bertz CT molecular complexity index is 1070. The Kier molecular flexibility index (Phi) is 6.39. The number of ether oxygens (including phenoxy) is 1. The summed E-state index contributed by atoms with van der Waals surface area (Å²) in [7, 11) is 0. The second-order valence-electron chi connectivity index (χ2n) is 5.90. The fourth-order valence-electron chi connectivity index (χ4n) is 2.57. The average Bonchev–Trinajstić information content (AvgIpc) is 2.94. The van der Waals surface area contributed by atoms with E-state index in [1.54, 1.807) is 18.2 Å². The van der Waals surface area contributed by atoms with Crippen LogP contribution < -0.4 is 9.64 Å². The van der Waals surface area contributed by atoms with Gasteiger partial charge < -0.3 is 9.84 Å². The van der Waals surface area contributed by atoms with Gasteiger partial charge in [0.2, 0.25) is 0 Å². The van der Waals surface area contributed by atoms with Crippen molar-refractivity contribution < 1.29 is 32.6 Å². The van der Waals surface area contributed by atoms with E-state index in [2.05, 4.69) is 0 Å². The van der Waals surface area contributed by atoms with Gasteiger partial charge in [-0.15, -0.1) is 0 Å². The van der Waals surface area contributed by atoms with Gasteiger partial charge in [-0.25, -0.2) is 4.79 Å². The first-order chi connectivity index (χ1) is 14.1. The van der Waals surface area contributed by atoms with Crippen LogP contribution in [0.25, 0.3) is 6.08 Å². The van der Waals surface area contributed by atoms with Gasteiger partial charge in [0.1, 0.15) is 5.75 Å². The minimum absolute atomic E-state index is 0.0469. The molecule has 1 saturated heterocycles. The molecule has 0 bridgehead atoms. The van der Waals surface area contributed by atoms with Crippen LogP contribution in [-0.4, -0.2) is 27.9 Å². The van der Waals surface area contributed by atoms with Crippen LogP contribution in [0.15, 0.2) is 47.4 Å². The van der Waals surface area contributed by atoms with E-state index >= 15 is 0 Å². The number of amides is 1. The van der Waals surface area contributed by atoms with E-state index in [-0.39, 0.29) is 20.7 Å². The Morgan fingerprint density at radius 3 is 2.63 bits per heavy atom. The van der Waals surface area contributed by atoms with Crippen molar-refractivity contribution in [2.24, 2.45) is 0 Å². The molecule has 156 valence electrons. The molecule has 0 saturated carbocycles. The summed E-state index contributed by atoms with van der Waals surface area (Å²) in [6.07, 6.45) is -3.25. The topological polar surface area (TPSA) is 66.8 Å². The van der Waals surface area contributed by atoms with Crippen LogP contribution >= 0.6 is 35.6 Å². The molecule has 0 aliphatic carbocycles. The number of carbonyl (C=O) groups excluding carboxylic acids is 1. The predicted octanol–water partition coefficient (Wildman–Crippen LogP) is 5.23. The highest BCUT2D eigenvalue weighted by atomic mass is 35.5. The number of alkyl halides is 3. The number of hydrogen-bond acceptors (Lipinski definition) is 5. The van der Waals surface area contributed by atoms with Gasteiger partial charge in [-0.05, 0) is 30.3 Å². The molecule has 0 atom stereocenters. The zero-order valence-electron chi connectivity index (χ0n) is 14.8. The maximum atomic E-state index is 13.2. The average molecular weight is 474 g/mol. The van der Waals surface area contributed by atoms with Crippen molar-refractivity contribution in [1.29, 1.82) is 0 Å². The van der Waals surface area contributed by atoms with Crippen molar-refractivity contribution in [3.8, 4) is 5.75 Å². The molecule has 3 rings (SSSR count). The predicted molar refractivity (Wildman–Crippen MR) is 112 cm³/mol. The van der Waals surface area contributed by atoms with Crippen LogP contribution in [0.1, 0.15) is 11.1 Å². The Morgan fingerprint density at radius 1 is 1.27 bits per heavy atom. The largest absolute Gasteiger partial charge is 0.481 e. The van der Waals surface area contributed by atoms with Gasteiger partial charge in [0.15, 0.2) is 10.9 Å². The summed E-state index contributed by atoms with van der Waals surface area (Å²) in [6.45, 7) is -0.573. The molecule has 1 heterocycles. The van der Waals surface area contributed by atoms with Crippen LogP contribution in [-0.2, 0) is 15.8 Å². The van der Waals surface area contributed by atoms with Gasteiger partial charge in [0.25, 0.3) is 5.91 Å². The highest BCUT2D eigenvalue weighted by Gasteiger charge is 2.37. The van der Waals surface area contributed by atoms with Crippen molar-refractivity contribution in [2.75, 3.05) is 11.5 Å². The Morgan fingerprint density at radius 2 is 1.97 bits per heavy atom. The second-order valence-corrected chi connectivity index (χ2v) is 7.98. The van der Waals surface area contributed by atoms with E-state index in [0.29, 0.717) is 5.56 Å². The van der Waals surface area contributed by atoms with Crippen molar-refractivity contribution in [3.05, 3.63) is 63.5 Å². The smallest absolute Gasteiger partial charge is 0.417 e. The Balaban J connectivity index is 1.94. The number of halogens is 4. The second kappa shape index (κ2) is 8.66. The molecule has 1 aliphatic rings. The first-order valence-corrected chi connectivity index (χ1v) is 9.76. The summed E-state index contributed by atoms with van der Waals surface area (Å²) in [5.41, 5.74) is -0.716. The van der Waals surface area contributed by atoms with E-state index in [0.717, 1.165) is 28.8 Å². The maximum absolute atomic E-state index is 13.2. The number of anilines is 1. The summed E-state index contributed by atoms with van der Waals surface area (Å²) in [5.74, 6) is -1.55. The van der Waals surface area contributed by atoms with Crippen molar-refractivity contribution in [1.82, 2.24) is 0 Å². The van der Waals surface area contributed by atoms with E-state index < -0.39 is 35.2 Å². The fraction of sp³-hybridized carbons (Fsp3) is 0.105. The molecule has 0 unspecified atom stereocenters. The number of thiocarbonyl (C=S) groups is 1. The molecule has 5 nitrogen and oxygen atoms in total. The summed E-state index contributed by atoms with van der Waals surface area (Å²) in [6, 6.07) is 9.52. The van der Waals surface area contributed by atoms with Gasteiger partial charge in [0, 0.05) is 5.56 Å². The summed E-state index contributed by atoms with van der Waals surface area (Å²) >= 11 is 11.7. The van der Waals surface area contributed by atoms with Gasteiger partial charge in [0.05, 0.1) is 21.2 Å². The van der Waals surface area contributed by atoms with E-state index in [1.165, 1.54) is 18.2 Å².